The first-order valence-electron chi connectivity index (χ1n) is 7.57. The number of nitrogens with one attached hydrogen (secondary N) is 3. The summed E-state index contributed by atoms with van der Waals surface area (Å²) >= 11 is 1.92. The van der Waals surface area contributed by atoms with Gasteiger partial charge in [-0.15, -0.1) is 0 Å². The lowest BCUT2D eigenvalue weighted by atomic mass is 10.1. The molecule has 0 atom stereocenters. The van der Waals surface area contributed by atoms with Crippen molar-refractivity contribution >= 4 is 51.5 Å². The van der Waals surface area contributed by atoms with Crippen LogP contribution < -0.4 is 15.9 Å². The SMILES string of the molecule is Cc1cccc2c1CC(=O)N2.O=C1Cc2c(ccc([NH+]([O-])[O-])c2I)N1. The predicted molar refractivity (Wildman–Crippen MR) is 102 cm³/mol. The molecule has 25 heavy (non-hydrogen) atoms. The highest BCUT2D eigenvalue weighted by Gasteiger charge is 2.22. The van der Waals surface area contributed by atoms with Crippen LogP contribution in [0.25, 0.3) is 0 Å². The second-order valence-corrected chi connectivity index (χ2v) is 6.87. The fraction of sp³-hybridized carbons (Fsp3) is 0.176. The van der Waals surface area contributed by atoms with Crippen molar-refractivity contribution in [1.82, 2.24) is 0 Å². The van der Waals surface area contributed by atoms with Gasteiger partial charge in [-0.1, -0.05) is 12.1 Å². The number of amides is 2. The Morgan fingerprint density at radius 1 is 0.960 bits per heavy atom. The van der Waals surface area contributed by atoms with Crippen LogP contribution in [-0.2, 0) is 22.4 Å². The third-order valence-corrected chi connectivity index (χ3v) is 5.33. The molecule has 3 N–H and O–H groups in total. The van der Waals surface area contributed by atoms with Crippen LogP contribution in [0.2, 0.25) is 0 Å². The zero-order valence-electron chi connectivity index (χ0n) is 13.3. The van der Waals surface area contributed by atoms with E-state index < -0.39 is 5.23 Å². The summed E-state index contributed by atoms with van der Waals surface area (Å²) in [6.45, 7) is 2.03. The summed E-state index contributed by atoms with van der Waals surface area (Å²) in [5.41, 5.74) is 4.91. The largest absolute Gasteiger partial charge is 0.628 e. The molecule has 0 saturated carbocycles. The number of aryl methyl sites for hydroxylation is 1. The summed E-state index contributed by atoms with van der Waals surface area (Å²) in [5.74, 6) is 0.00251. The molecule has 2 aromatic carbocycles. The number of fused-ring (bicyclic) bond motifs is 2. The van der Waals surface area contributed by atoms with Crippen LogP contribution in [-0.4, -0.2) is 11.8 Å². The molecule has 0 saturated heterocycles. The third-order valence-electron chi connectivity index (χ3n) is 4.10. The lowest BCUT2D eigenvalue weighted by Gasteiger charge is -2.26. The monoisotopic (exact) mass is 452 g/mol. The first kappa shape index (κ1) is 17.8. The Morgan fingerprint density at radius 3 is 2.16 bits per heavy atom. The lowest BCUT2D eigenvalue weighted by molar-refractivity contribution is -0.715. The fourth-order valence-corrected chi connectivity index (χ4v) is 3.71. The van der Waals surface area contributed by atoms with Crippen LogP contribution in [0.4, 0.5) is 17.1 Å². The van der Waals surface area contributed by atoms with Gasteiger partial charge in [0.05, 0.1) is 16.4 Å². The number of anilines is 2. The van der Waals surface area contributed by atoms with Crippen LogP contribution in [0.5, 0.6) is 0 Å². The topological polar surface area (TPSA) is 109 Å². The Hall–Kier alpha value is -2.01. The van der Waals surface area contributed by atoms with E-state index in [0.29, 0.717) is 15.7 Å². The first-order chi connectivity index (χ1) is 11.9. The van der Waals surface area contributed by atoms with E-state index in [9.17, 15) is 20.0 Å². The summed E-state index contributed by atoms with van der Waals surface area (Å²) in [6, 6.07) is 8.96. The highest BCUT2D eigenvalue weighted by molar-refractivity contribution is 14.1. The van der Waals surface area contributed by atoms with Gasteiger partial charge in [-0.3, -0.25) is 9.59 Å². The van der Waals surface area contributed by atoms with Gasteiger partial charge in [-0.05, 0) is 52.8 Å². The van der Waals surface area contributed by atoms with Gasteiger partial charge in [0.1, 0.15) is 5.69 Å². The quantitative estimate of drug-likeness (QED) is 0.453. The van der Waals surface area contributed by atoms with Crippen LogP contribution in [0, 0.1) is 20.9 Å². The maximum absolute atomic E-state index is 11.1. The number of carbonyl (C=O) groups excluding carboxylic acids is 2. The smallest absolute Gasteiger partial charge is 0.228 e. The lowest BCUT2D eigenvalue weighted by Crippen LogP contribution is -2.96. The van der Waals surface area contributed by atoms with Crippen LogP contribution >= 0.6 is 22.6 Å². The van der Waals surface area contributed by atoms with Crippen molar-refractivity contribution in [2.75, 3.05) is 10.6 Å². The van der Waals surface area contributed by atoms with E-state index in [1.54, 1.807) is 6.07 Å². The Morgan fingerprint density at radius 2 is 1.56 bits per heavy atom. The first-order valence-corrected chi connectivity index (χ1v) is 8.65. The minimum absolute atomic E-state index is 0.103. The van der Waals surface area contributed by atoms with Gasteiger partial charge >= 0.3 is 0 Å². The molecule has 0 aliphatic carbocycles. The maximum atomic E-state index is 11.1. The van der Waals surface area contributed by atoms with E-state index in [1.807, 2.05) is 47.7 Å². The number of halogens is 1. The van der Waals surface area contributed by atoms with Crippen LogP contribution in [0.15, 0.2) is 30.3 Å². The molecule has 2 aliphatic heterocycles. The number of benzene rings is 2. The van der Waals surface area contributed by atoms with E-state index in [0.717, 1.165) is 16.8 Å². The normalized spacial score (nSPS) is 14.4. The van der Waals surface area contributed by atoms with Crippen LogP contribution in [0.3, 0.4) is 0 Å². The summed E-state index contributed by atoms with van der Waals surface area (Å²) in [7, 11) is 0. The number of hydrogen-bond acceptors (Lipinski definition) is 4. The van der Waals surface area contributed by atoms with E-state index >= 15 is 0 Å². The highest BCUT2D eigenvalue weighted by atomic mass is 127. The molecule has 7 nitrogen and oxygen atoms in total. The number of quaternary nitrogens is 1. The molecule has 0 aromatic heterocycles. The Bertz CT molecular complexity index is 867. The molecule has 4 rings (SSSR count). The van der Waals surface area contributed by atoms with Crippen molar-refractivity contribution < 1.29 is 14.8 Å². The predicted octanol–water partition coefficient (Wildman–Crippen LogP) is 1.79. The summed E-state index contributed by atoms with van der Waals surface area (Å²) in [5, 5.41) is 25.6. The average molecular weight is 452 g/mol. The zero-order chi connectivity index (χ0) is 18.1. The van der Waals surface area contributed by atoms with Crippen molar-refractivity contribution in [3.05, 3.63) is 61.0 Å². The molecule has 8 heteroatoms. The van der Waals surface area contributed by atoms with E-state index in [2.05, 4.69) is 10.6 Å². The second kappa shape index (κ2) is 7.08. The van der Waals surface area contributed by atoms with Crippen molar-refractivity contribution in [1.29, 1.82) is 0 Å². The highest BCUT2D eigenvalue weighted by Crippen LogP contribution is 2.31. The van der Waals surface area contributed by atoms with Crippen molar-refractivity contribution in [2.45, 2.75) is 19.8 Å². The van der Waals surface area contributed by atoms with Gasteiger partial charge in [-0.2, -0.15) is 0 Å². The number of carbonyl (C=O) groups is 2. The van der Waals surface area contributed by atoms with Gasteiger partial charge in [0.2, 0.25) is 11.8 Å². The number of hydrogen-bond donors (Lipinski definition) is 3. The number of rotatable bonds is 1. The molecule has 2 aliphatic rings. The third kappa shape index (κ3) is 3.66. The van der Waals surface area contributed by atoms with Gasteiger partial charge in [0.25, 0.3) is 0 Å². The average Bonchev–Trinajstić information content (AvgIpc) is 3.11. The van der Waals surface area contributed by atoms with Crippen LogP contribution in [0.1, 0.15) is 16.7 Å². The summed E-state index contributed by atoms with van der Waals surface area (Å²) in [4.78, 5) is 22.0. The zero-order valence-corrected chi connectivity index (χ0v) is 15.5. The molecule has 2 amide bonds. The van der Waals surface area contributed by atoms with Crippen molar-refractivity contribution in [3.63, 3.8) is 0 Å². The standard InChI is InChI=1S/C9H9NO.C8H6IN2O3/c1-6-3-2-4-8-7(6)5-9(11)10-8;9-8-4-3-7(12)10-5(4)1-2-6(8)11(13)14/h2-4H,5H2,1H3,(H,10,11);1-2,11H,3H2,(H,10,12)/q;-1. The molecule has 0 bridgehead atoms. The molecule has 2 aromatic rings. The Kier molecular flexibility index (Phi) is 5.04. The van der Waals surface area contributed by atoms with E-state index in [1.165, 1.54) is 11.6 Å². The minimum atomic E-state index is -1.21. The van der Waals surface area contributed by atoms with Gasteiger partial charge in [0, 0.05) is 23.0 Å². The summed E-state index contributed by atoms with van der Waals surface area (Å²) < 4.78 is 0.582. The Labute approximate surface area is 157 Å². The molecule has 0 fully saturated rings. The van der Waals surface area contributed by atoms with E-state index in [-0.39, 0.29) is 23.9 Å². The maximum Gasteiger partial charge on any atom is 0.228 e. The molecule has 0 radical (unpaired) electrons. The van der Waals surface area contributed by atoms with Crippen molar-refractivity contribution in [3.8, 4) is 0 Å². The summed E-state index contributed by atoms with van der Waals surface area (Å²) in [6.07, 6.45) is 0.788. The second-order valence-electron chi connectivity index (χ2n) is 5.79. The van der Waals surface area contributed by atoms with E-state index in [4.69, 9.17) is 0 Å². The molecular formula is C17H15IN3O4-. The fourth-order valence-electron chi connectivity index (χ4n) is 2.83. The molecule has 0 unspecified atom stereocenters. The molecule has 130 valence electrons. The van der Waals surface area contributed by atoms with Gasteiger partial charge in [-0.25, -0.2) is 0 Å². The van der Waals surface area contributed by atoms with Gasteiger partial charge < -0.3 is 26.3 Å². The van der Waals surface area contributed by atoms with Gasteiger partial charge in [0.15, 0.2) is 0 Å². The minimum Gasteiger partial charge on any atom is -0.628 e. The van der Waals surface area contributed by atoms with Crippen molar-refractivity contribution in [2.24, 2.45) is 0 Å². The molecular weight excluding hydrogens is 437 g/mol. The molecule has 2 heterocycles. The molecule has 0 spiro atoms. The Balaban J connectivity index is 0.000000150.